The zero-order valence-corrected chi connectivity index (χ0v) is 19.2. The number of imide groups is 1. The Bertz CT molecular complexity index is 1510. The zero-order chi connectivity index (χ0) is 24.7. The number of amides is 4. The van der Waals surface area contributed by atoms with Crippen molar-refractivity contribution in [2.75, 3.05) is 11.9 Å². The van der Waals surface area contributed by atoms with Crippen LogP contribution in [-0.4, -0.2) is 49.7 Å². The van der Waals surface area contributed by atoms with E-state index in [4.69, 9.17) is 0 Å². The molecule has 1 aliphatic heterocycles. The van der Waals surface area contributed by atoms with E-state index in [-0.39, 0.29) is 5.69 Å². The second-order valence-electron chi connectivity index (χ2n) is 8.47. The van der Waals surface area contributed by atoms with Crippen LogP contribution in [0.1, 0.15) is 11.3 Å². The summed E-state index contributed by atoms with van der Waals surface area (Å²) in [4.78, 5) is 55.2. The van der Waals surface area contributed by atoms with Crippen molar-refractivity contribution in [2.24, 2.45) is 7.05 Å². The van der Waals surface area contributed by atoms with Gasteiger partial charge in [0.1, 0.15) is 18.3 Å². The number of H-pyrrole nitrogens is 1. The van der Waals surface area contributed by atoms with Gasteiger partial charge in [-0.05, 0) is 30.7 Å². The summed E-state index contributed by atoms with van der Waals surface area (Å²) in [5.74, 6) is -1.12. The largest absolute Gasteiger partial charge is 0.361 e. The number of nitrogens with zero attached hydrogens (tertiary/aromatic N) is 3. The summed E-state index contributed by atoms with van der Waals surface area (Å²) < 4.78 is 3.08. The van der Waals surface area contributed by atoms with Crippen molar-refractivity contribution in [1.29, 1.82) is 0 Å². The van der Waals surface area contributed by atoms with Crippen LogP contribution >= 0.6 is 0 Å². The van der Waals surface area contributed by atoms with Crippen LogP contribution in [-0.2, 0) is 23.1 Å². The number of carbonyl (C=O) groups excluding carboxylic acids is 3. The number of urea groups is 1. The molecule has 1 saturated heterocycles. The summed E-state index contributed by atoms with van der Waals surface area (Å²) in [7, 11) is 1.71. The van der Waals surface area contributed by atoms with Crippen LogP contribution in [0, 0.1) is 6.92 Å². The van der Waals surface area contributed by atoms with E-state index >= 15 is 0 Å². The molecule has 2 aromatic carbocycles. The van der Waals surface area contributed by atoms with Gasteiger partial charge in [0, 0.05) is 30.6 Å². The fourth-order valence-electron chi connectivity index (χ4n) is 4.42. The average molecular weight is 473 g/mol. The molecule has 178 valence electrons. The first kappa shape index (κ1) is 22.2. The predicted molar refractivity (Wildman–Crippen MR) is 130 cm³/mol. The Hall–Kier alpha value is -4.60. The van der Waals surface area contributed by atoms with E-state index in [1.807, 2.05) is 48.7 Å². The molecule has 35 heavy (non-hydrogen) atoms. The van der Waals surface area contributed by atoms with Crippen molar-refractivity contribution in [3.63, 3.8) is 0 Å². The standard InChI is InChI=1S/C25H24N6O4/c1-15-22(24(34)31(29(15)2)17-8-4-3-5-9-17)28-21(32)14-30-23(33)20(27-25(30)35)12-16-13-26-19-11-7-6-10-18(16)19/h3-11,13,20,26H,12,14H2,1-2H3,(H,27,35)(H,28,32). The highest BCUT2D eigenvalue weighted by Gasteiger charge is 2.39. The lowest BCUT2D eigenvalue weighted by molar-refractivity contribution is -0.130. The molecule has 10 heteroatoms. The third kappa shape index (κ3) is 3.88. The van der Waals surface area contributed by atoms with Gasteiger partial charge in [-0.25, -0.2) is 9.48 Å². The molecule has 5 rings (SSSR count). The first-order valence-electron chi connectivity index (χ1n) is 11.2. The minimum Gasteiger partial charge on any atom is -0.361 e. The van der Waals surface area contributed by atoms with E-state index < -0.39 is 36.0 Å². The van der Waals surface area contributed by atoms with Crippen molar-refractivity contribution >= 4 is 34.4 Å². The molecule has 0 saturated carbocycles. The molecule has 0 spiro atoms. The van der Waals surface area contributed by atoms with E-state index in [9.17, 15) is 19.2 Å². The lowest BCUT2D eigenvalue weighted by Gasteiger charge is -2.12. The van der Waals surface area contributed by atoms with Gasteiger partial charge in [-0.15, -0.1) is 0 Å². The highest BCUT2D eigenvalue weighted by Crippen LogP contribution is 2.21. The molecule has 0 bridgehead atoms. The molecule has 0 aliphatic carbocycles. The number of aromatic amines is 1. The normalized spacial score (nSPS) is 15.6. The summed E-state index contributed by atoms with van der Waals surface area (Å²) in [6.45, 7) is 1.22. The molecule has 1 fully saturated rings. The molecular weight excluding hydrogens is 448 g/mol. The minimum absolute atomic E-state index is 0.101. The lowest BCUT2D eigenvalue weighted by atomic mass is 10.1. The number of anilines is 1. The maximum absolute atomic E-state index is 13.0. The van der Waals surface area contributed by atoms with Gasteiger partial charge >= 0.3 is 6.03 Å². The number of hydrogen-bond donors (Lipinski definition) is 3. The summed E-state index contributed by atoms with van der Waals surface area (Å²) in [5.41, 5.74) is 2.73. The van der Waals surface area contributed by atoms with E-state index in [1.165, 1.54) is 4.68 Å². The fourth-order valence-corrected chi connectivity index (χ4v) is 4.42. The summed E-state index contributed by atoms with van der Waals surface area (Å²) >= 11 is 0. The molecule has 10 nitrogen and oxygen atoms in total. The van der Waals surface area contributed by atoms with Crippen LogP contribution < -0.4 is 16.2 Å². The predicted octanol–water partition coefficient (Wildman–Crippen LogP) is 2.07. The highest BCUT2D eigenvalue weighted by atomic mass is 16.2. The minimum atomic E-state index is -0.775. The van der Waals surface area contributed by atoms with Crippen LogP contribution in [0.4, 0.5) is 10.5 Å². The first-order valence-corrected chi connectivity index (χ1v) is 11.2. The molecule has 3 heterocycles. The Morgan fingerprint density at radius 2 is 1.74 bits per heavy atom. The Morgan fingerprint density at radius 1 is 1.03 bits per heavy atom. The summed E-state index contributed by atoms with van der Waals surface area (Å²) in [6.07, 6.45) is 2.11. The Kier molecular flexibility index (Phi) is 5.48. The highest BCUT2D eigenvalue weighted by molar-refractivity contribution is 6.08. The van der Waals surface area contributed by atoms with Gasteiger partial charge in [-0.3, -0.25) is 24.0 Å². The monoisotopic (exact) mass is 472 g/mol. The number of para-hydroxylation sites is 2. The molecule has 4 aromatic rings. The SMILES string of the molecule is Cc1c(NC(=O)CN2C(=O)NC(Cc3c[nH]c4ccccc34)C2=O)c(=O)n(-c2ccccc2)n1C. The smallest absolute Gasteiger partial charge is 0.325 e. The Morgan fingerprint density at radius 3 is 2.51 bits per heavy atom. The van der Waals surface area contributed by atoms with Crippen molar-refractivity contribution in [2.45, 2.75) is 19.4 Å². The van der Waals surface area contributed by atoms with Crippen molar-refractivity contribution in [1.82, 2.24) is 24.6 Å². The average Bonchev–Trinajstić information content (AvgIpc) is 3.45. The van der Waals surface area contributed by atoms with Gasteiger partial charge < -0.3 is 15.6 Å². The van der Waals surface area contributed by atoms with Gasteiger partial charge in [0.2, 0.25) is 5.91 Å². The van der Waals surface area contributed by atoms with Gasteiger partial charge in [0.25, 0.3) is 11.5 Å². The molecule has 2 aromatic heterocycles. The lowest BCUT2D eigenvalue weighted by Crippen LogP contribution is -2.39. The number of fused-ring (bicyclic) bond motifs is 1. The van der Waals surface area contributed by atoms with Crippen LogP contribution in [0.15, 0.2) is 65.6 Å². The number of aromatic nitrogens is 3. The number of rotatable bonds is 6. The van der Waals surface area contributed by atoms with Gasteiger partial charge in [0.15, 0.2) is 0 Å². The van der Waals surface area contributed by atoms with Gasteiger partial charge in [-0.1, -0.05) is 36.4 Å². The molecular formula is C25H24N6O4. The molecule has 0 radical (unpaired) electrons. The Balaban J connectivity index is 1.30. The van der Waals surface area contributed by atoms with Crippen molar-refractivity contribution < 1.29 is 14.4 Å². The topological polar surface area (TPSA) is 121 Å². The first-order chi connectivity index (χ1) is 16.8. The Labute approximate surface area is 200 Å². The quantitative estimate of drug-likeness (QED) is 0.372. The molecule has 1 aliphatic rings. The second-order valence-corrected chi connectivity index (χ2v) is 8.47. The van der Waals surface area contributed by atoms with Gasteiger partial charge in [0.05, 0.1) is 11.4 Å². The number of carbonyl (C=O) groups is 3. The summed E-state index contributed by atoms with van der Waals surface area (Å²) in [6, 6.07) is 15.3. The van der Waals surface area contributed by atoms with Crippen LogP contribution in [0.3, 0.4) is 0 Å². The zero-order valence-electron chi connectivity index (χ0n) is 19.2. The fraction of sp³-hybridized carbons (Fsp3) is 0.200. The molecule has 4 amide bonds. The maximum Gasteiger partial charge on any atom is 0.325 e. The number of hydrogen-bond acceptors (Lipinski definition) is 4. The second kappa shape index (κ2) is 8.64. The third-order valence-electron chi connectivity index (χ3n) is 6.33. The van der Waals surface area contributed by atoms with Crippen molar-refractivity contribution in [3.8, 4) is 5.69 Å². The van der Waals surface area contributed by atoms with Crippen molar-refractivity contribution in [3.05, 3.63) is 82.4 Å². The van der Waals surface area contributed by atoms with Crippen LogP contribution in [0.25, 0.3) is 16.6 Å². The number of benzene rings is 2. The summed E-state index contributed by atoms with van der Waals surface area (Å²) in [5, 5.41) is 6.22. The van der Waals surface area contributed by atoms with E-state index in [1.54, 1.807) is 30.8 Å². The molecule has 1 atom stereocenters. The molecule has 3 N–H and O–H groups in total. The maximum atomic E-state index is 13.0. The van der Waals surface area contributed by atoms with Crippen LogP contribution in [0.5, 0.6) is 0 Å². The van der Waals surface area contributed by atoms with E-state index in [0.29, 0.717) is 17.8 Å². The third-order valence-corrected chi connectivity index (χ3v) is 6.33. The van der Waals surface area contributed by atoms with Crippen LogP contribution in [0.2, 0.25) is 0 Å². The number of nitrogens with one attached hydrogen (secondary N) is 3. The van der Waals surface area contributed by atoms with Gasteiger partial charge in [-0.2, -0.15) is 0 Å². The van der Waals surface area contributed by atoms with E-state index in [2.05, 4.69) is 15.6 Å². The van der Waals surface area contributed by atoms with E-state index in [0.717, 1.165) is 21.4 Å². The molecule has 1 unspecified atom stereocenters.